The van der Waals surface area contributed by atoms with E-state index in [1.165, 1.54) is 12.8 Å². The SMILES string of the molecule is N#Cc1ccc(-n2cc(CN3CCCC3)nn2)cc1. The van der Waals surface area contributed by atoms with E-state index in [1.54, 1.807) is 16.8 Å². The summed E-state index contributed by atoms with van der Waals surface area (Å²) in [6, 6.07) is 9.45. The Bertz CT molecular complexity index is 587. The molecule has 0 atom stereocenters. The third kappa shape index (κ3) is 2.64. The zero-order chi connectivity index (χ0) is 13.1. The summed E-state index contributed by atoms with van der Waals surface area (Å²) in [6.07, 6.45) is 4.52. The van der Waals surface area contributed by atoms with Gasteiger partial charge in [-0.1, -0.05) is 5.21 Å². The molecule has 5 heteroatoms. The predicted octanol–water partition coefficient (Wildman–Crippen LogP) is 1.73. The summed E-state index contributed by atoms with van der Waals surface area (Å²) < 4.78 is 1.76. The average molecular weight is 253 g/mol. The lowest BCUT2D eigenvalue weighted by molar-refractivity contribution is 0.327. The molecule has 0 spiro atoms. The van der Waals surface area contributed by atoms with Crippen molar-refractivity contribution in [3.63, 3.8) is 0 Å². The Kier molecular flexibility index (Phi) is 3.25. The minimum absolute atomic E-state index is 0.654. The van der Waals surface area contributed by atoms with Crippen LogP contribution in [0.3, 0.4) is 0 Å². The highest BCUT2D eigenvalue weighted by Gasteiger charge is 2.13. The van der Waals surface area contributed by atoms with Gasteiger partial charge in [-0.2, -0.15) is 5.26 Å². The summed E-state index contributed by atoms with van der Waals surface area (Å²) in [5.74, 6) is 0. The lowest BCUT2D eigenvalue weighted by Crippen LogP contribution is -2.18. The summed E-state index contributed by atoms with van der Waals surface area (Å²) in [5, 5.41) is 17.1. The van der Waals surface area contributed by atoms with Gasteiger partial charge in [0.1, 0.15) is 0 Å². The highest BCUT2D eigenvalue weighted by molar-refractivity contribution is 5.38. The molecule has 2 aromatic rings. The van der Waals surface area contributed by atoms with Crippen molar-refractivity contribution in [1.29, 1.82) is 5.26 Å². The van der Waals surface area contributed by atoms with E-state index in [0.29, 0.717) is 5.56 Å². The number of hydrogen-bond acceptors (Lipinski definition) is 4. The van der Waals surface area contributed by atoms with E-state index in [4.69, 9.17) is 5.26 Å². The lowest BCUT2D eigenvalue weighted by atomic mass is 10.2. The van der Waals surface area contributed by atoms with Crippen molar-refractivity contribution >= 4 is 0 Å². The summed E-state index contributed by atoms with van der Waals surface area (Å²) >= 11 is 0. The largest absolute Gasteiger partial charge is 0.297 e. The standard InChI is InChI=1S/C14H15N5/c15-9-12-3-5-14(6-4-12)19-11-13(16-17-19)10-18-7-1-2-8-18/h3-6,11H,1-2,7-8,10H2. The van der Waals surface area contributed by atoms with Crippen LogP contribution in [0.4, 0.5) is 0 Å². The van der Waals surface area contributed by atoms with Gasteiger partial charge in [0.2, 0.25) is 0 Å². The van der Waals surface area contributed by atoms with E-state index in [2.05, 4.69) is 21.3 Å². The Labute approximate surface area is 112 Å². The molecule has 1 fully saturated rings. The van der Waals surface area contributed by atoms with Crippen LogP contribution in [-0.4, -0.2) is 33.0 Å². The Hall–Kier alpha value is -2.19. The zero-order valence-electron chi connectivity index (χ0n) is 10.7. The normalized spacial score (nSPS) is 15.5. The van der Waals surface area contributed by atoms with Gasteiger partial charge in [0.05, 0.1) is 29.2 Å². The first-order valence-corrected chi connectivity index (χ1v) is 6.49. The molecule has 1 aromatic carbocycles. The van der Waals surface area contributed by atoms with Crippen LogP contribution >= 0.6 is 0 Å². The Morgan fingerprint density at radius 1 is 1.16 bits per heavy atom. The van der Waals surface area contributed by atoms with Crippen molar-refractivity contribution in [2.75, 3.05) is 13.1 Å². The lowest BCUT2D eigenvalue weighted by Gasteiger charge is -2.11. The summed E-state index contributed by atoms with van der Waals surface area (Å²) in [5.41, 5.74) is 2.58. The van der Waals surface area contributed by atoms with Gasteiger partial charge in [-0.25, -0.2) is 4.68 Å². The molecule has 1 aliphatic heterocycles. The number of likely N-dealkylation sites (tertiary alicyclic amines) is 1. The van der Waals surface area contributed by atoms with Crippen LogP contribution in [0.25, 0.3) is 5.69 Å². The van der Waals surface area contributed by atoms with Crippen molar-refractivity contribution in [1.82, 2.24) is 19.9 Å². The predicted molar refractivity (Wildman–Crippen MR) is 70.6 cm³/mol. The van der Waals surface area contributed by atoms with Crippen LogP contribution in [0, 0.1) is 11.3 Å². The molecule has 2 heterocycles. The van der Waals surface area contributed by atoms with Crippen LogP contribution < -0.4 is 0 Å². The molecular formula is C14H15N5. The van der Waals surface area contributed by atoms with Crippen molar-refractivity contribution in [3.8, 4) is 11.8 Å². The zero-order valence-corrected chi connectivity index (χ0v) is 10.7. The Morgan fingerprint density at radius 2 is 1.89 bits per heavy atom. The number of nitriles is 1. The van der Waals surface area contributed by atoms with E-state index in [-0.39, 0.29) is 0 Å². The van der Waals surface area contributed by atoms with Gasteiger partial charge in [0, 0.05) is 6.54 Å². The molecule has 3 rings (SSSR count). The summed E-state index contributed by atoms with van der Waals surface area (Å²) in [7, 11) is 0. The quantitative estimate of drug-likeness (QED) is 0.836. The molecule has 0 radical (unpaired) electrons. The van der Waals surface area contributed by atoms with Gasteiger partial charge in [0.15, 0.2) is 0 Å². The highest BCUT2D eigenvalue weighted by atomic mass is 15.4. The van der Waals surface area contributed by atoms with Gasteiger partial charge < -0.3 is 0 Å². The van der Waals surface area contributed by atoms with Crippen LogP contribution in [0.15, 0.2) is 30.5 Å². The second kappa shape index (κ2) is 5.21. The Morgan fingerprint density at radius 3 is 2.58 bits per heavy atom. The van der Waals surface area contributed by atoms with Crippen molar-refractivity contribution in [2.24, 2.45) is 0 Å². The third-order valence-electron chi connectivity index (χ3n) is 3.39. The molecule has 1 saturated heterocycles. The molecule has 5 nitrogen and oxygen atoms in total. The molecule has 96 valence electrons. The number of benzene rings is 1. The second-order valence-corrected chi connectivity index (χ2v) is 4.80. The third-order valence-corrected chi connectivity index (χ3v) is 3.39. The van der Waals surface area contributed by atoms with E-state index in [0.717, 1.165) is 31.0 Å². The molecule has 19 heavy (non-hydrogen) atoms. The van der Waals surface area contributed by atoms with Crippen LogP contribution in [0.5, 0.6) is 0 Å². The summed E-state index contributed by atoms with van der Waals surface area (Å²) in [4.78, 5) is 2.40. The van der Waals surface area contributed by atoms with E-state index in [9.17, 15) is 0 Å². The first kappa shape index (κ1) is 11.9. The van der Waals surface area contributed by atoms with Gasteiger partial charge in [0.25, 0.3) is 0 Å². The van der Waals surface area contributed by atoms with Crippen LogP contribution in [-0.2, 0) is 6.54 Å². The number of hydrogen-bond donors (Lipinski definition) is 0. The first-order valence-electron chi connectivity index (χ1n) is 6.49. The molecule has 1 aliphatic rings. The fourth-order valence-corrected chi connectivity index (χ4v) is 2.36. The average Bonchev–Trinajstić information content (AvgIpc) is 3.11. The minimum atomic E-state index is 0.654. The second-order valence-electron chi connectivity index (χ2n) is 4.80. The highest BCUT2D eigenvalue weighted by Crippen LogP contribution is 2.13. The molecule has 0 saturated carbocycles. The number of rotatable bonds is 3. The van der Waals surface area contributed by atoms with Crippen LogP contribution in [0.2, 0.25) is 0 Å². The summed E-state index contributed by atoms with van der Waals surface area (Å²) in [6.45, 7) is 3.18. The van der Waals surface area contributed by atoms with E-state index in [1.807, 2.05) is 18.3 Å². The maximum atomic E-state index is 8.77. The fourth-order valence-electron chi connectivity index (χ4n) is 2.36. The smallest absolute Gasteiger partial charge is 0.0991 e. The number of aromatic nitrogens is 3. The molecule has 0 aliphatic carbocycles. The molecule has 0 bridgehead atoms. The molecule has 0 N–H and O–H groups in total. The Balaban J connectivity index is 1.74. The monoisotopic (exact) mass is 253 g/mol. The van der Waals surface area contributed by atoms with Crippen LogP contribution in [0.1, 0.15) is 24.1 Å². The van der Waals surface area contributed by atoms with Gasteiger partial charge >= 0.3 is 0 Å². The van der Waals surface area contributed by atoms with Crippen molar-refractivity contribution < 1.29 is 0 Å². The van der Waals surface area contributed by atoms with Gasteiger partial charge in [-0.3, -0.25) is 4.90 Å². The fraction of sp³-hybridized carbons (Fsp3) is 0.357. The first-order chi connectivity index (χ1) is 9.35. The van der Waals surface area contributed by atoms with E-state index >= 15 is 0 Å². The van der Waals surface area contributed by atoms with E-state index < -0.39 is 0 Å². The number of nitrogens with zero attached hydrogens (tertiary/aromatic N) is 5. The maximum absolute atomic E-state index is 8.77. The van der Waals surface area contributed by atoms with Gasteiger partial charge in [-0.05, 0) is 50.2 Å². The topological polar surface area (TPSA) is 57.7 Å². The minimum Gasteiger partial charge on any atom is -0.297 e. The molecule has 1 aromatic heterocycles. The molecular weight excluding hydrogens is 238 g/mol. The van der Waals surface area contributed by atoms with Crippen molar-refractivity contribution in [3.05, 3.63) is 41.7 Å². The molecule has 0 unspecified atom stereocenters. The van der Waals surface area contributed by atoms with Gasteiger partial charge in [-0.15, -0.1) is 5.10 Å². The molecule has 0 amide bonds. The van der Waals surface area contributed by atoms with Crippen molar-refractivity contribution in [2.45, 2.75) is 19.4 Å². The maximum Gasteiger partial charge on any atom is 0.0991 e.